The molecule has 1 atom stereocenters. The molecule has 0 amide bonds. The van der Waals surface area contributed by atoms with Crippen LogP contribution in [0.5, 0.6) is 0 Å². The maximum atomic E-state index is 6.21. The standard InChI is InChI=1S/C15H14Cl2N2S/c16-9-11(7-12-3-1-2-4-14(12)17)8-13-10-19-5-6-20-15(19)18-13/h1-6,10-11H,7-9H2. The summed E-state index contributed by atoms with van der Waals surface area (Å²) >= 11 is 14.0. The van der Waals surface area contributed by atoms with Crippen LogP contribution in [0.3, 0.4) is 0 Å². The predicted octanol–water partition coefficient (Wildman–Crippen LogP) is 4.69. The summed E-state index contributed by atoms with van der Waals surface area (Å²) < 4.78 is 2.06. The van der Waals surface area contributed by atoms with Crippen LogP contribution < -0.4 is 0 Å². The number of benzene rings is 1. The van der Waals surface area contributed by atoms with E-state index in [9.17, 15) is 0 Å². The van der Waals surface area contributed by atoms with Crippen molar-refractivity contribution in [3.8, 4) is 0 Å². The molecule has 2 aromatic heterocycles. The van der Waals surface area contributed by atoms with Gasteiger partial charge in [-0.25, -0.2) is 4.98 Å². The Kier molecular flexibility index (Phi) is 4.29. The lowest BCUT2D eigenvalue weighted by Gasteiger charge is -2.13. The van der Waals surface area contributed by atoms with Crippen LogP contribution in [-0.4, -0.2) is 15.3 Å². The minimum absolute atomic E-state index is 0.348. The molecule has 0 spiro atoms. The monoisotopic (exact) mass is 324 g/mol. The lowest BCUT2D eigenvalue weighted by molar-refractivity contribution is 0.577. The fourth-order valence-electron chi connectivity index (χ4n) is 2.33. The lowest BCUT2D eigenvalue weighted by atomic mass is 9.96. The van der Waals surface area contributed by atoms with Gasteiger partial charge >= 0.3 is 0 Å². The highest BCUT2D eigenvalue weighted by molar-refractivity contribution is 7.15. The first-order valence-electron chi connectivity index (χ1n) is 6.46. The van der Waals surface area contributed by atoms with E-state index in [1.807, 2.05) is 29.8 Å². The van der Waals surface area contributed by atoms with Gasteiger partial charge in [0.25, 0.3) is 0 Å². The maximum absolute atomic E-state index is 6.21. The molecule has 0 aliphatic rings. The third kappa shape index (κ3) is 3.00. The van der Waals surface area contributed by atoms with Gasteiger partial charge in [0.05, 0.1) is 5.69 Å². The topological polar surface area (TPSA) is 17.3 Å². The molecule has 3 aromatic rings. The Bertz CT molecular complexity index is 676. The quantitative estimate of drug-likeness (QED) is 0.622. The minimum atomic E-state index is 0.348. The number of rotatable bonds is 5. The number of nitrogens with zero attached hydrogens (tertiary/aromatic N) is 2. The van der Waals surface area contributed by atoms with Crippen LogP contribution in [0.1, 0.15) is 11.3 Å². The Morgan fingerprint density at radius 1 is 1.25 bits per heavy atom. The molecule has 0 saturated heterocycles. The number of aromatic nitrogens is 2. The van der Waals surface area contributed by atoms with E-state index in [0.29, 0.717) is 11.8 Å². The summed E-state index contributed by atoms with van der Waals surface area (Å²) in [5.41, 5.74) is 2.25. The van der Waals surface area contributed by atoms with Gasteiger partial charge in [-0.15, -0.1) is 22.9 Å². The van der Waals surface area contributed by atoms with E-state index in [1.54, 1.807) is 11.3 Å². The number of alkyl halides is 1. The number of hydrogen-bond acceptors (Lipinski definition) is 2. The Morgan fingerprint density at radius 2 is 2.10 bits per heavy atom. The van der Waals surface area contributed by atoms with Gasteiger partial charge < -0.3 is 0 Å². The van der Waals surface area contributed by atoms with E-state index in [1.165, 1.54) is 0 Å². The summed E-state index contributed by atoms with van der Waals surface area (Å²) in [6, 6.07) is 7.95. The van der Waals surface area contributed by atoms with E-state index in [-0.39, 0.29) is 0 Å². The minimum Gasteiger partial charge on any atom is -0.297 e. The van der Waals surface area contributed by atoms with Crippen LogP contribution in [0.25, 0.3) is 4.96 Å². The smallest absolute Gasteiger partial charge is 0.193 e. The fraction of sp³-hybridized carbons (Fsp3) is 0.267. The number of fused-ring (bicyclic) bond motifs is 1. The Labute approximate surface area is 132 Å². The molecular weight excluding hydrogens is 311 g/mol. The Balaban J connectivity index is 1.74. The summed E-state index contributed by atoms with van der Waals surface area (Å²) in [5, 5.41) is 2.85. The van der Waals surface area contributed by atoms with Crippen molar-refractivity contribution in [2.45, 2.75) is 12.8 Å². The van der Waals surface area contributed by atoms with Crippen molar-refractivity contribution in [1.82, 2.24) is 9.38 Å². The zero-order valence-electron chi connectivity index (χ0n) is 10.8. The molecule has 0 N–H and O–H groups in total. The average Bonchev–Trinajstić information content (AvgIpc) is 3.01. The van der Waals surface area contributed by atoms with E-state index >= 15 is 0 Å². The molecule has 0 fully saturated rings. The first kappa shape index (κ1) is 13.9. The molecule has 0 bridgehead atoms. The molecule has 0 radical (unpaired) electrons. The van der Waals surface area contributed by atoms with Crippen LogP contribution in [0.15, 0.2) is 42.0 Å². The molecule has 3 rings (SSSR count). The molecular formula is C15H14Cl2N2S. The second kappa shape index (κ2) is 6.17. The summed E-state index contributed by atoms with van der Waals surface area (Å²) in [6.07, 6.45) is 5.87. The van der Waals surface area contributed by atoms with Gasteiger partial charge in [0.15, 0.2) is 4.96 Å². The van der Waals surface area contributed by atoms with Gasteiger partial charge in [0, 0.05) is 28.7 Å². The number of hydrogen-bond donors (Lipinski definition) is 0. The summed E-state index contributed by atoms with van der Waals surface area (Å²) in [5.74, 6) is 0.956. The first-order chi connectivity index (χ1) is 9.76. The summed E-state index contributed by atoms with van der Waals surface area (Å²) in [7, 11) is 0. The van der Waals surface area contributed by atoms with Gasteiger partial charge in [-0.1, -0.05) is 29.8 Å². The first-order valence-corrected chi connectivity index (χ1v) is 8.26. The highest BCUT2D eigenvalue weighted by atomic mass is 35.5. The Hall–Kier alpha value is -1.03. The number of thiazole rings is 1. The Morgan fingerprint density at radius 3 is 2.85 bits per heavy atom. The van der Waals surface area contributed by atoms with Crippen LogP contribution in [0.2, 0.25) is 5.02 Å². The van der Waals surface area contributed by atoms with Gasteiger partial charge in [-0.2, -0.15) is 0 Å². The van der Waals surface area contributed by atoms with Crippen LogP contribution in [0, 0.1) is 5.92 Å². The molecule has 2 heterocycles. The van der Waals surface area contributed by atoms with Gasteiger partial charge in [0.1, 0.15) is 0 Å². The molecule has 1 unspecified atom stereocenters. The normalized spacial score (nSPS) is 12.9. The zero-order valence-corrected chi connectivity index (χ0v) is 13.1. The van der Waals surface area contributed by atoms with E-state index < -0.39 is 0 Å². The third-order valence-electron chi connectivity index (χ3n) is 3.33. The van der Waals surface area contributed by atoms with E-state index in [4.69, 9.17) is 23.2 Å². The largest absolute Gasteiger partial charge is 0.297 e. The molecule has 0 saturated carbocycles. The van der Waals surface area contributed by atoms with Crippen molar-refractivity contribution in [3.63, 3.8) is 0 Å². The molecule has 0 aliphatic heterocycles. The van der Waals surface area contributed by atoms with Gasteiger partial charge in [-0.3, -0.25) is 4.40 Å². The van der Waals surface area contributed by atoms with Crippen LogP contribution in [-0.2, 0) is 12.8 Å². The predicted molar refractivity (Wildman–Crippen MR) is 86.1 cm³/mol. The van der Waals surface area contributed by atoms with Crippen molar-refractivity contribution in [3.05, 3.63) is 58.3 Å². The zero-order chi connectivity index (χ0) is 13.9. The SMILES string of the molecule is ClCC(Cc1cn2ccsc2n1)Cc1ccccc1Cl. The molecule has 1 aromatic carbocycles. The lowest BCUT2D eigenvalue weighted by Crippen LogP contribution is -2.10. The van der Waals surface area contributed by atoms with Crippen molar-refractivity contribution in [2.75, 3.05) is 5.88 Å². The highest BCUT2D eigenvalue weighted by Gasteiger charge is 2.14. The van der Waals surface area contributed by atoms with Crippen molar-refractivity contribution < 1.29 is 0 Å². The molecule has 20 heavy (non-hydrogen) atoms. The molecule has 2 nitrogen and oxygen atoms in total. The van der Waals surface area contributed by atoms with Crippen molar-refractivity contribution in [2.24, 2.45) is 5.92 Å². The third-order valence-corrected chi connectivity index (χ3v) is 4.90. The van der Waals surface area contributed by atoms with Gasteiger partial charge in [-0.05, 0) is 30.4 Å². The van der Waals surface area contributed by atoms with Crippen LogP contribution in [0.4, 0.5) is 0 Å². The van der Waals surface area contributed by atoms with Crippen molar-refractivity contribution >= 4 is 39.5 Å². The maximum Gasteiger partial charge on any atom is 0.193 e. The summed E-state index contributed by atoms with van der Waals surface area (Å²) in [4.78, 5) is 5.65. The van der Waals surface area contributed by atoms with Crippen LogP contribution >= 0.6 is 34.5 Å². The van der Waals surface area contributed by atoms with E-state index in [2.05, 4.69) is 21.6 Å². The highest BCUT2D eigenvalue weighted by Crippen LogP contribution is 2.22. The molecule has 104 valence electrons. The second-order valence-corrected chi connectivity index (χ2v) is 6.43. The fourth-order valence-corrected chi connectivity index (χ4v) is 3.48. The van der Waals surface area contributed by atoms with E-state index in [0.717, 1.165) is 34.1 Å². The second-order valence-electron chi connectivity index (χ2n) is 4.85. The summed E-state index contributed by atoms with van der Waals surface area (Å²) in [6.45, 7) is 0. The number of imidazole rings is 1. The van der Waals surface area contributed by atoms with Gasteiger partial charge in [0.2, 0.25) is 0 Å². The average molecular weight is 325 g/mol. The molecule has 5 heteroatoms. The van der Waals surface area contributed by atoms with Crippen molar-refractivity contribution in [1.29, 1.82) is 0 Å². The molecule has 0 aliphatic carbocycles. The number of halogens is 2.